The van der Waals surface area contributed by atoms with E-state index in [1.165, 1.54) is 0 Å². The predicted molar refractivity (Wildman–Crippen MR) is 104 cm³/mol. The van der Waals surface area contributed by atoms with E-state index in [0.29, 0.717) is 29.6 Å². The van der Waals surface area contributed by atoms with Crippen molar-refractivity contribution in [3.63, 3.8) is 0 Å². The molecule has 7 nitrogen and oxygen atoms in total. The quantitative estimate of drug-likeness (QED) is 0.810. The maximum atomic E-state index is 12.3. The Kier molecular flexibility index (Phi) is 6.17. The van der Waals surface area contributed by atoms with E-state index in [-0.39, 0.29) is 6.03 Å². The molecule has 1 aromatic heterocycles. The lowest BCUT2D eigenvalue weighted by Gasteiger charge is -2.32. The highest BCUT2D eigenvalue weighted by Gasteiger charge is 2.22. The number of thiazole rings is 1. The fourth-order valence-electron chi connectivity index (χ4n) is 3.17. The molecule has 1 fully saturated rings. The van der Waals surface area contributed by atoms with Crippen LogP contribution in [0.2, 0.25) is 0 Å². The second kappa shape index (κ2) is 8.75. The molecule has 2 amide bonds. The largest absolute Gasteiger partial charge is 0.493 e. The minimum absolute atomic E-state index is 0.247. The molecule has 26 heavy (non-hydrogen) atoms. The molecule has 0 spiro atoms. The van der Waals surface area contributed by atoms with E-state index in [9.17, 15) is 4.79 Å². The average molecular weight is 376 g/mol. The number of carbonyl (C=O) groups is 1. The summed E-state index contributed by atoms with van der Waals surface area (Å²) in [7, 11) is 3.12. The second-order valence-corrected chi connectivity index (χ2v) is 7.02. The van der Waals surface area contributed by atoms with Gasteiger partial charge in [0.25, 0.3) is 0 Å². The minimum Gasteiger partial charge on any atom is -0.493 e. The zero-order valence-corrected chi connectivity index (χ0v) is 15.8. The summed E-state index contributed by atoms with van der Waals surface area (Å²) >= 11 is 1.65. The maximum Gasteiger partial charge on any atom is 0.319 e. The Morgan fingerprint density at radius 1 is 1.38 bits per heavy atom. The van der Waals surface area contributed by atoms with Crippen LogP contribution >= 0.6 is 11.3 Å². The van der Waals surface area contributed by atoms with Crippen LogP contribution in [0.5, 0.6) is 11.5 Å². The molecule has 140 valence electrons. The van der Waals surface area contributed by atoms with Crippen LogP contribution in [0.4, 0.5) is 15.6 Å². The summed E-state index contributed by atoms with van der Waals surface area (Å²) in [4.78, 5) is 19.0. The summed E-state index contributed by atoms with van der Waals surface area (Å²) in [5.74, 6) is 1.50. The Balaban J connectivity index is 1.53. The number of nitrogens with one attached hydrogen (secondary N) is 2. The Bertz CT molecular complexity index is 723. The first-order valence-electron chi connectivity index (χ1n) is 8.61. The van der Waals surface area contributed by atoms with Gasteiger partial charge in [-0.1, -0.05) is 6.07 Å². The number of piperidine rings is 1. The lowest BCUT2D eigenvalue weighted by molar-refractivity contribution is 0.249. The van der Waals surface area contributed by atoms with Crippen molar-refractivity contribution in [2.45, 2.75) is 12.8 Å². The number of rotatable bonds is 6. The number of hydrogen-bond acceptors (Lipinski definition) is 6. The molecule has 1 aliphatic rings. The number of carbonyl (C=O) groups excluding carboxylic acids is 1. The van der Waals surface area contributed by atoms with E-state index >= 15 is 0 Å². The minimum atomic E-state index is -0.247. The highest BCUT2D eigenvalue weighted by molar-refractivity contribution is 7.13. The van der Waals surface area contributed by atoms with Crippen LogP contribution in [-0.2, 0) is 0 Å². The first kappa shape index (κ1) is 18.3. The van der Waals surface area contributed by atoms with Crippen molar-refractivity contribution in [2.24, 2.45) is 5.92 Å². The lowest BCUT2D eigenvalue weighted by Crippen LogP contribution is -2.42. The maximum absolute atomic E-state index is 12.3. The van der Waals surface area contributed by atoms with E-state index in [2.05, 4.69) is 20.5 Å². The van der Waals surface area contributed by atoms with Crippen LogP contribution in [0.15, 0.2) is 29.8 Å². The van der Waals surface area contributed by atoms with Crippen molar-refractivity contribution in [1.82, 2.24) is 10.3 Å². The third-order valence-electron chi connectivity index (χ3n) is 4.41. The van der Waals surface area contributed by atoms with Gasteiger partial charge in [0.2, 0.25) is 0 Å². The van der Waals surface area contributed by atoms with Crippen LogP contribution in [0.1, 0.15) is 12.8 Å². The monoisotopic (exact) mass is 376 g/mol. The average Bonchev–Trinajstić information content (AvgIpc) is 3.21. The van der Waals surface area contributed by atoms with Crippen molar-refractivity contribution >= 4 is 28.2 Å². The summed E-state index contributed by atoms with van der Waals surface area (Å²) in [5, 5.41) is 8.85. The smallest absolute Gasteiger partial charge is 0.319 e. The predicted octanol–water partition coefficient (Wildman–Crippen LogP) is 3.20. The molecular formula is C18H24N4O3S. The van der Waals surface area contributed by atoms with E-state index in [1.807, 2.05) is 17.6 Å². The molecule has 0 radical (unpaired) electrons. The Morgan fingerprint density at radius 3 is 3.00 bits per heavy atom. The summed E-state index contributed by atoms with van der Waals surface area (Å²) < 4.78 is 10.6. The van der Waals surface area contributed by atoms with Gasteiger partial charge in [0.15, 0.2) is 16.6 Å². The highest BCUT2D eigenvalue weighted by Crippen LogP contribution is 2.34. The number of hydrogen-bond donors (Lipinski definition) is 2. The highest BCUT2D eigenvalue weighted by atomic mass is 32.1. The van der Waals surface area contributed by atoms with Crippen LogP contribution in [0, 0.1) is 5.92 Å². The van der Waals surface area contributed by atoms with Gasteiger partial charge in [-0.2, -0.15) is 0 Å². The van der Waals surface area contributed by atoms with Crippen LogP contribution in [0.25, 0.3) is 0 Å². The number of benzene rings is 1. The van der Waals surface area contributed by atoms with Gasteiger partial charge in [-0.25, -0.2) is 9.78 Å². The van der Waals surface area contributed by atoms with Gasteiger partial charge in [-0.05, 0) is 30.9 Å². The Morgan fingerprint density at radius 2 is 2.27 bits per heavy atom. The fraction of sp³-hybridized carbons (Fsp3) is 0.444. The molecule has 2 heterocycles. The zero-order chi connectivity index (χ0) is 18.4. The van der Waals surface area contributed by atoms with Gasteiger partial charge in [-0.3, -0.25) is 0 Å². The number of para-hydroxylation sites is 1. The third kappa shape index (κ3) is 4.37. The first-order chi connectivity index (χ1) is 12.7. The topological polar surface area (TPSA) is 75.7 Å². The Labute approximate surface area is 157 Å². The number of methoxy groups -OCH3 is 2. The molecular weight excluding hydrogens is 352 g/mol. The van der Waals surface area contributed by atoms with Gasteiger partial charge >= 0.3 is 6.03 Å². The van der Waals surface area contributed by atoms with Crippen LogP contribution < -0.4 is 25.0 Å². The van der Waals surface area contributed by atoms with Crippen molar-refractivity contribution in [3.8, 4) is 11.5 Å². The van der Waals surface area contributed by atoms with Crippen LogP contribution in [0.3, 0.4) is 0 Å². The van der Waals surface area contributed by atoms with Crippen molar-refractivity contribution in [3.05, 3.63) is 29.8 Å². The molecule has 2 N–H and O–H groups in total. The van der Waals surface area contributed by atoms with E-state index in [1.54, 1.807) is 37.7 Å². The molecule has 1 saturated heterocycles. The summed E-state index contributed by atoms with van der Waals surface area (Å²) in [5.41, 5.74) is 0.581. The van der Waals surface area contributed by atoms with Crippen molar-refractivity contribution in [1.29, 1.82) is 0 Å². The molecule has 0 bridgehead atoms. The fourth-order valence-corrected chi connectivity index (χ4v) is 3.85. The number of anilines is 2. The number of aromatic nitrogens is 1. The van der Waals surface area contributed by atoms with Crippen LogP contribution in [-0.4, -0.2) is 44.9 Å². The molecule has 1 atom stereocenters. The first-order valence-corrected chi connectivity index (χ1v) is 9.49. The van der Waals surface area contributed by atoms with E-state index in [0.717, 1.165) is 31.1 Å². The van der Waals surface area contributed by atoms with Gasteiger partial charge in [0, 0.05) is 31.2 Å². The van der Waals surface area contributed by atoms with E-state index < -0.39 is 0 Å². The van der Waals surface area contributed by atoms with Gasteiger partial charge in [0.1, 0.15) is 0 Å². The number of amides is 2. The number of nitrogens with zero attached hydrogens (tertiary/aromatic N) is 2. The molecule has 2 aromatic rings. The van der Waals surface area contributed by atoms with Gasteiger partial charge in [0.05, 0.1) is 19.9 Å². The third-order valence-corrected chi connectivity index (χ3v) is 5.24. The lowest BCUT2D eigenvalue weighted by atomic mass is 9.98. The SMILES string of the molecule is COc1cccc(NC(=O)NCC2CCCN(c3nccs3)C2)c1OC. The molecule has 1 unspecified atom stereocenters. The van der Waals surface area contributed by atoms with Gasteiger partial charge < -0.3 is 25.0 Å². The second-order valence-electron chi connectivity index (χ2n) is 6.15. The molecule has 1 aromatic carbocycles. The van der Waals surface area contributed by atoms with Gasteiger partial charge in [-0.15, -0.1) is 11.3 Å². The molecule has 1 aliphatic heterocycles. The zero-order valence-electron chi connectivity index (χ0n) is 15.0. The summed E-state index contributed by atoms with van der Waals surface area (Å²) in [6, 6.07) is 5.13. The summed E-state index contributed by atoms with van der Waals surface area (Å²) in [6.45, 7) is 2.56. The molecule has 3 rings (SSSR count). The van der Waals surface area contributed by atoms with Crippen molar-refractivity contribution in [2.75, 3.05) is 44.1 Å². The Hall–Kier alpha value is -2.48. The molecule has 0 aliphatic carbocycles. The van der Waals surface area contributed by atoms with Crippen molar-refractivity contribution < 1.29 is 14.3 Å². The number of urea groups is 1. The number of ether oxygens (including phenoxy) is 2. The normalized spacial score (nSPS) is 16.8. The summed E-state index contributed by atoms with van der Waals surface area (Å²) in [6.07, 6.45) is 4.04. The standard InChI is InChI=1S/C18H24N4O3S/c1-24-15-7-3-6-14(16(15)25-2)21-17(23)20-11-13-5-4-9-22(12-13)18-19-8-10-26-18/h3,6-8,10,13H,4-5,9,11-12H2,1-2H3,(H2,20,21,23). The molecule has 0 saturated carbocycles. The van der Waals surface area contributed by atoms with E-state index in [4.69, 9.17) is 9.47 Å². The molecule has 8 heteroatoms.